The van der Waals surface area contributed by atoms with E-state index in [-0.39, 0.29) is 24.2 Å². The normalized spacial score (nSPS) is 12.4. The predicted octanol–water partition coefficient (Wildman–Crippen LogP) is 2.98. The number of aromatic nitrogens is 1. The fourth-order valence-electron chi connectivity index (χ4n) is 2.37. The van der Waals surface area contributed by atoms with E-state index >= 15 is 0 Å². The molecule has 1 atom stereocenters. The molecule has 0 saturated carbocycles. The highest BCUT2D eigenvalue weighted by Gasteiger charge is 2.14. The van der Waals surface area contributed by atoms with Gasteiger partial charge in [-0.2, -0.15) is 0 Å². The number of rotatable bonds is 7. The van der Waals surface area contributed by atoms with Crippen LogP contribution < -0.4 is 11.1 Å². The van der Waals surface area contributed by atoms with Crippen LogP contribution in [-0.2, 0) is 11.2 Å². The molecule has 23 heavy (non-hydrogen) atoms. The van der Waals surface area contributed by atoms with Gasteiger partial charge in [-0.25, -0.2) is 9.37 Å². The van der Waals surface area contributed by atoms with Crippen molar-refractivity contribution in [2.75, 3.05) is 6.54 Å². The number of carbonyl (C=O) groups excluding carboxylic acids is 1. The topological polar surface area (TPSA) is 68.0 Å². The molecule has 0 aliphatic heterocycles. The summed E-state index contributed by atoms with van der Waals surface area (Å²) in [5, 5.41) is 5.49. The lowest BCUT2D eigenvalue weighted by atomic mass is 10.0. The molecule has 3 N–H and O–H groups in total. The van der Waals surface area contributed by atoms with Gasteiger partial charge in [0.25, 0.3) is 0 Å². The molecule has 2 aromatic rings. The smallest absolute Gasteiger partial charge is 0.226 e. The highest BCUT2D eigenvalue weighted by Crippen LogP contribution is 2.24. The molecule has 1 aromatic heterocycles. The van der Waals surface area contributed by atoms with Crippen molar-refractivity contribution in [2.24, 2.45) is 11.7 Å². The lowest BCUT2D eigenvalue weighted by molar-refractivity contribution is -0.121. The SMILES string of the molecule is CC(C)CC(CN)NC(=O)Cc1csc(-c2cccc(F)c2)n1. The number of carbonyl (C=O) groups is 1. The van der Waals surface area contributed by atoms with Crippen LogP contribution in [0.4, 0.5) is 4.39 Å². The first-order valence-corrected chi connectivity index (χ1v) is 8.55. The van der Waals surface area contributed by atoms with Crippen LogP contribution in [0.25, 0.3) is 10.6 Å². The molecule has 1 unspecified atom stereocenters. The average molecular weight is 335 g/mol. The van der Waals surface area contributed by atoms with E-state index in [4.69, 9.17) is 5.73 Å². The standard InChI is InChI=1S/C17H22FN3OS/c1-11(2)6-14(9-19)20-16(22)8-15-10-23-17(21-15)12-4-3-5-13(18)7-12/h3-5,7,10-11,14H,6,8-9,19H2,1-2H3,(H,20,22). The second-order valence-corrected chi connectivity index (χ2v) is 6.82. The lowest BCUT2D eigenvalue weighted by Gasteiger charge is -2.18. The molecule has 0 radical (unpaired) electrons. The van der Waals surface area contributed by atoms with Crippen LogP contribution in [-0.4, -0.2) is 23.5 Å². The Balaban J connectivity index is 1.97. The fraction of sp³-hybridized carbons (Fsp3) is 0.412. The Kier molecular flexibility index (Phi) is 6.24. The van der Waals surface area contributed by atoms with Crippen molar-refractivity contribution in [1.29, 1.82) is 0 Å². The van der Waals surface area contributed by atoms with E-state index in [0.717, 1.165) is 12.0 Å². The van der Waals surface area contributed by atoms with E-state index < -0.39 is 0 Å². The number of hydrogen-bond donors (Lipinski definition) is 2. The van der Waals surface area contributed by atoms with Gasteiger partial charge in [0.1, 0.15) is 10.8 Å². The van der Waals surface area contributed by atoms with Crippen LogP contribution in [0.15, 0.2) is 29.6 Å². The second kappa shape index (κ2) is 8.17. The second-order valence-electron chi connectivity index (χ2n) is 5.96. The third kappa shape index (κ3) is 5.41. The van der Waals surface area contributed by atoms with Crippen molar-refractivity contribution >= 4 is 17.2 Å². The highest BCUT2D eigenvalue weighted by molar-refractivity contribution is 7.13. The Morgan fingerprint density at radius 1 is 1.43 bits per heavy atom. The van der Waals surface area contributed by atoms with Crippen molar-refractivity contribution in [3.63, 3.8) is 0 Å². The van der Waals surface area contributed by atoms with E-state index in [1.54, 1.807) is 12.1 Å². The van der Waals surface area contributed by atoms with Crippen LogP contribution in [0.3, 0.4) is 0 Å². The first-order valence-electron chi connectivity index (χ1n) is 7.67. The van der Waals surface area contributed by atoms with Gasteiger partial charge in [0, 0.05) is 23.5 Å². The van der Waals surface area contributed by atoms with Crippen LogP contribution >= 0.6 is 11.3 Å². The Morgan fingerprint density at radius 2 is 2.22 bits per heavy atom. The monoisotopic (exact) mass is 335 g/mol. The molecule has 124 valence electrons. The summed E-state index contributed by atoms with van der Waals surface area (Å²) in [7, 11) is 0. The summed E-state index contributed by atoms with van der Waals surface area (Å²) < 4.78 is 13.3. The maximum absolute atomic E-state index is 13.3. The number of thiazole rings is 1. The van der Waals surface area contributed by atoms with Gasteiger partial charge in [-0.1, -0.05) is 26.0 Å². The van der Waals surface area contributed by atoms with Crippen molar-refractivity contribution in [3.05, 3.63) is 41.2 Å². The summed E-state index contributed by atoms with van der Waals surface area (Å²) in [5.74, 6) is 0.0939. The molecular weight excluding hydrogens is 313 g/mol. The van der Waals surface area contributed by atoms with Crippen molar-refractivity contribution in [2.45, 2.75) is 32.7 Å². The molecule has 0 aliphatic rings. The Morgan fingerprint density at radius 3 is 2.87 bits per heavy atom. The maximum atomic E-state index is 13.3. The van der Waals surface area contributed by atoms with Gasteiger partial charge < -0.3 is 11.1 Å². The zero-order valence-corrected chi connectivity index (χ0v) is 14.2. The predicted molar refractivity (Wildman–Crippen MR) is 91.7 cm³/mol. The molecule has 6 heteroatoms. The van der Waals surface area contributed by atoms with Gasteiger partial charge >= 0.3 is 0 Å². The Labute approximate surface area is 139 Å². The maximum Gasteiger partial charge on any atom is 0.226 e. The largest absolute Gasteiger partial charge is 0.352 e. The number of hydrogen-bond acceptors (Lipinski definition) is 4. The number of nitrogens with two attached hydrogens (primary N) is 1. The number of nitrogens with zero attached hydrogens (tertiary/aromatic N) is 1. The number of halogens is 1. The van der Waals surface area contributed by atoms with Crippen LogP contribution in [0.2, 0.25) is 0 Å². The minimum atomic E-state index is -0.295. The number of nitrogens with one attached hydrogen (secondary N) is 1. The summed E-state index contributed by atoms with van der Waals surface area (Å²) in [6.07, 6.45) is 1.06. The Hall–Kier alpha value is -1.79. The third-order valence-corrected chi connectivity index (χ3v) is 4.31. The summed E-state index contributed by atoms with van der Waals surface area (Å²) in [5.41, 5.74) is 7.10. The lowest BCUT2D eigenvalue weighted by Crippen LogP contribution is -2.41. The van der Waals surface area contributed by atoms with Gasteiger partial charge in [-0.15, -0.1) is 11.3 Å². The molecular formula is C17H22FN3OS. The molecule has 0 fully saturated rings. The van der Waals surface area contributed by atoms with Crippen molar-refractivity contribution < 1.29 is 9.18 Å². The first kappa shape index (κ1) is 17.6. The third-order valence-electron chi connectivity index (χ3n) is 3.37. The first-order chi connectivity index (χ1) is 11.0. The van der Waals surface area contributed by atoms with Gasteiger partial charge in [0.05, 0.1) is 12.1 Å². The van der Waals surface area contributed by atoms with Crippen LogP contribution in [0.5, 0.6) is 0 Å². The van der Waals surface area contributed by atoms with E-state index in [1.807, 2.05) is 5.38 Å². The number of benzene rings is 1. The molecule has 0 spiro atoms. The molecule has 1 aromatic carbocycles. The molecule has 0 bridgehead atoms. The summed E-state index contributed by atoms with van der Waals surface area (Å²) >= 11 is 1.41. The fourth-order valence-corrected chi connectivity index (χ4v) is 3.19. The highest BCUT2D eigenvalue weighted by atomic mass is 32.1. The Bertz CT molecular complexity index is 657. The van der Waals surface area contributed by atoms with Gasteiger partial charge in [0.2, 0.25) is 5.91 Å². The summed E-state index contributed by atoms with van der Waals surface area (Å²) in [4.78, 5) is 16.5. The summed E-state index contributed by atoms with van der Waals surface area (Å²) in [6, 6.07) is 6.28. The molecule has 4 nitrogen and oxygen atoms in total. The van der Waals surface area contributed by atoms with Crippen LogP contribution in [0.1, 0.15) is 26.0 Å². The van der Waals surface area contributed by atoms with Crippen molar-refractivity contribution in [3.8, 4) is 10.6 Å². The summed E-state index contributed by atoms with van der Waals surface area (Å²) in [6.45, 7) is 4.62. The van der Waals surface area contributed by atoms with Crippen molar-refractivity contribution in [1.82, 2.24) is 10.3 Å². The van der Waals surface area contributed by atoms with E-state index in [0.29, 0.717) is 23.2 Å². The molecule has 1 amide bonds. The molecule has 0 aliphatic carbocycles. The van der Waals surface area contributed by atoms with E-state index in [9.17, 15) is 9.18 Å². The van der Waals surface area contributed by atoms with E-state index in [2.05, 4.69) is 24.1 Å². The molecule has 2 rings (SSSR count). The molecule has 1 heterocycles. The minimum absolute atomic E-state index is 0.0103. The zero-order chi connectivity index (χ0) is 16.8. The average Bonchev–Trinajstić information content (AvgIpc) is 2.94. The van der Waals surface area contributed by atoms with Gasteiger partial charge in [-0.05, 0) is 24.5 Å². The van der Waals surface area contributed by atoms with Gasteiger partial charge in [-0.3, -0.25) is 4.79 Å². The van der Waals surface area contributed by atoms with Gasteiger partial charge in [0.15, 0.2) is 0 Å². The quantitative estimate of drug-likeness (QED) is 0.817. The zero-order valence-electron chi connectivity index (χ0n) is 13.4. The minimum Gasteiger partial charge on any atom is -0.352 e. The number of amides is 1. The molecule has 0 saturated heterocycles. The van der Waals surface area contributed by atoms with E-state index in [1.165, 1.54) is 23.5 Å². The van der Waals surface area contributed by atoms with Crippen LogP contribution in [0, 0.1) is 11.7 Å².